The highest BCUT2D eigenvalue weighted by Crippen LogP contribution is 2.44. The van der Waals surface area contributed by atoms with Crippen LogP contribution in [0, 0.1) is 0 Å². The topological polar surface area (TPSA) is 118 Å². The summed E-state index contributed by atoms with van der Waals surface area (Å²) in [4.78, 5) is 38.9. The van der Waals surface area contributed by atoms with Crippen molar-refractivity contribution in [2.75, 3.05) is 19.7 Å². The van der Waals surface area contributed by atoms with Crippen LogP contribution >= 0.6 is 11.3 Å². The van der Waals surface area contributed by atoms with Gasteiger partial charge in [-0.1, -0.05) is 48.5 Å². The Morgan fingerprint density at radius 2 is 1.64 bits per heavy atom. The number of ether oxygens (including phenoxy) is 1. The number of carbonyl (C=O) groups is 3. The van der Waals surface area contributed by atoms with Crippen LogP contribution in [0.1, 0.15) is 39.0 Å². The van der Waals surface area contributed by atoms with E-state index in [9.17, 15) is 14.4 Å². The molecule has 3 N–H and O–H groups in total. The predicted molar refractivity (Wildman–Crippen MR) is 123 cm³/mol. The fraction of sp³-hybridized carbons (Fsp3) is 0.250. The molecule has 170 valence electrons. The van der Waals surface area contributed by atoms with Gasteiger partial charge in [0, 0.05) is 30.8 Å². The average molecular weight is 466 g/mol. The molecule has 1 heterocycles. The minimum Gasteiger partial charge on any atom is -0.481 e. The molecule has 3 aromatic rings. The Hall–Kier alpha value is -3.72. The lowest BCUT2D eigenvalue weighted by Crippen LogP contribution is -2.28. The van der Waals surface area contributed by atoms with Gasteiger partial charge >= 0.3 is 12.1 Å². The number of alkyl carbamates (subject to hydrolysis) is 1. The molecule has 8 nitrogen and oxygen atoms in total. The molecule has 33 heavy (non-hydrogen) atoms. The number of rotatable bonds is 9. The number of carbonyl (C=O) groups excluding carboxylic acids is 2. The fourth-order valence-electron chi connectivity index (χ4n) is 3.82. The van der Waals surface area contributed by atoms with E-state index in [0.717, 1.165) is 11.1 Å². The predicted octanol–water partition coefficient (Wildman–Crippen LogP) is 3.43. The Bertz CT molecular complexity index is 1130. The number of aromatic nitrogens is 1. The molecule has 4 rings (SSSR count). The molecule has 2 aromatic carbocycles. The third-order valence-electron chi connectivity index (χ3n) is 5.36. The number of thiazole rings is 1. The van der Waals surface area contributed by atoms with Crippen molar-refractivity contribution < 1.29 is 24.2 Å². The maximum Gasteiger partial charge on any atom is 0.407 e. The lowest BCUT2D eigenvalue weighted by Gasteiger charge is -2.14. The van der Waals surface area contributed by atoms with E-state index in [1.165, 1.54) is 22.5 Å². The number of carboxylic acids is 1. The summed E-state index contributed by atoms with van der Waals surface area (Å²) in [6, 6.07) is 16.3. The third kappa shape index (κ3) is 5.38. The number of hydrogen-bond acceptors (Lipinski definition) is 6. The number of hydrogen-bond donors (Lipinski definition) is 3. The molecule has 0 unspecified atom stereocenters. The van der Waals surface area contributed by atoms with Gasteiger partial charge in [0.2, 0.25) is 0 Å². The van der Waals surface area contributed by atoms with E-state index >= 15 is 0 Å². The summed E-state index contributed by atoms with van der Waals surface area (Å²) in [5, 5.41) is 16.2. The van der Waals surface area contributed by atoms with Gasteiger partial charge in [0.1, 0.15) is 12.3 Å². The van der Waals surface area contributed by atoms with Crippen molar-refractivity contribution in [2.45, 2.75) is 18.8 Å². The quantitative estimate of drug-likeness (QED) is 0.446. The monoisotopic (exact) mass is 465 g/mol. The highest BCUT2D eigenvalue weighted by molar-refractivity contribution is 7.09. The fourth-order valence-corrected chi connectivity index (χ4v) is 4.60. The zero-order chi connectivity index (χ0) is 23.2. The summed E-state index contributed by atoms with van der Waals surface area (Å²) in [7, 11) is 0. The first-order chi connectivity index (χ1) is 16.0. The van der Waals surface area contributed by atoms with Gasteiger partial charge in [-0.2, -0.15) is 0 Å². The van der Waals surface area contributed by atoms with Gasteiger partial charge in [-0.05, 0) is 22.3 Å². The van der Waals surface area contributed by atoms with E-state index in [4.69, 9.17) is 9.84 Å². The Labute approximate surface area is 194 Å². The molecule has 0 spiro atoms. The normalized spacial score (nSPS) is 12.0. The maximum absolute atomic E-state index is 12.2. The van der Waals surface area contributed by atoms with Gasteiger partial charge in [-0.25, -0.2) is 9.78 Å². The van der Waals surface area contributed by atoms with Gasteiger partial charge < -0.3 is 20.5 Å². The molecule has 0 atom stereocenters. The Balaban J connectivity index is 1.24. The van der Waals surface area contributed by atoms with Crippen LogP contribution in [-0.2, 0) is 16.0 Å². The van der Waals surface area contributed by atoms with E-state index in [1.54, 1.807) is 5.38 Å². The van der Waals surface area contributed by atoms with Gasteiger partial charge in [0.25, 0.3) is 5.91 Å². The first-order valence-electron chi connectivity index (χ1n) is 10.6. The van der Waals surface area contributed by atoms with Crippen LogP contribution in [0.25, 0.3) is 11.1 Å². The van der Waals surface area contributed by atoms with Crippen LogP contribution < -0.4 is 10.6 Å². The van der Waals surface area contributed by atoms with Gasteiger partial charge in [-0.3, -0.25) is 9.59 Å². The zero-order valence-corrected chi connectivity index (χ0v) is 18.6. The summed E-state index contributed by atoms with van der Waals surface area (Å²) < 4.78 is 5.51. The summed E-state index contributed by atoms with van der Waals surface area (Å²) in [6.07, 6.45) is -0.190. The maximum atomic E-state index is 12.2. The lowest BCUT2D eigenvalue weighted by atomic mass is 9.98. The van der Waals surface area contributed by atoms with Crippen molar-refractivity contribution in [1.29, 1.82) is 0 Å². The molecule has 0 saturated carbocycles. The molecule has 9 heteroatoms. The Kier molecular flexibility index (Phi) is 6.99. The SMILES string of the molecule is O=C(O)CCNC(=O)c1csc(CCNC(=O)OCC2c3ccccc3-c3ccccc32)n1. The van der Waals surface area contributed by atoms with Crippen molar-refractivity contribution in [3.8, 4) is 11.1 Å². The number of amides is 2. The Morgan fingerprint density at radius 1 is 0.970 bits per heavy atom. The number of fused-ring (bicyclic) bond motifs is 3. The molecule has 0 bridgehead atoms. The van der Waals surface area contributed by atoms with Gasteiger partial charge in [0.05, 0.1) is 11.4 Å². The first kappa shape index (κ1) is 22.5. The summed E-state index contributed by atoms with van der Waals surface area (Å²) in [6.45, 7) is 0.617. The van der Waals surface area contributed by atoms with Gasteiger partial charge in [-0.15, -0.1) is 11.3 Å². The molecule has 0 radical (unpaired) electrons. The summed E-state index contributed by atoms with van der Waals surface area (Å²) >= 11 is 1.31. The molecule has 0 saturated heterocycles. The molecule has 0 fully saturated rings. The van der Waals surface area contributed by atoms with Crippen LogP contribution in [-0.4, -0.2) is 47.8 Å². The second-order valence-electron chi connectivity index (χ2n) is 7.53. The molecule has 0 aliphatic heterocycles. The van der Waals surface area contributed by atoms with Crippen LogP contribution in [0.4, 0.5) is 4.79 Å². The molecule has 1 aliphatic carbocycles. The molecular weight excluding hydrogens is 442 g/mol. The average Bonchev–Trinajstić information content (AvgIpc) is 3.40. The highest BCUT2D eigenvalue weighted by Gasteiger charge is 2.28. The minimum absolute atomic E-state index is 0.00399. The van der Waals surface area contributed by atoms with E-state index in [1.807, 2.05) is 24.3 Å². The number of aliphatic carboxylic acids is 1. The van der Waals surface area contributed by atoms with E-state index in [0.29, 0.717) is 18.0 Å². The zero-order valence-electron chi connectivity index (χ0n) is 17.7. The highest BCUT2D eigenvalue weighted by atomic mass is 32.1. The summed E-state index contributed by atoms with van der Waals surface area (Å²) in [5.41, 5.74) is 4.90. The van der Waals surface area contributed by atoms with Crippen molar-refractivity contribution in [3.05, 3.63) is 75.7 Å². The molecule has 1 aliphatic rings. The molecule has 2 amide bonds. The third-order valence-corrected chi connectivity index (χ3v) is 6.27. The lowest BCUT2D eigenvalue weighted by molar-refractivity contribution is -0.136. The second kappa shape index (κ2) is 10.3. The number of nitrogens with one attached hydrogen (secondary N) is 2. The van der Waals surface area contributed by atoms with E-state index in [-0.39, 0.29) is 31.2 Å². The largest absolute Gasteiger partial charge is 0.481 e. The van der Waals surface area contributed by atoms with Crippen LogP contribution in [0.15, 0.2) is 53.9 Å². The Morgan fingerprint density at radius 3 is 2.30 bits per heavy atom. The van der Waals surface area contributed by atoms with Crippen LogP contribution in [0.5, 0.6) is 0 Å². The van der Waals surface area contributed by atoms with Crippen molar-refractivity contribution in [3.63, 3.8) is 0 Å². The molecular formula is C24H23N3O5S. The van der Waals surface area contributed by atoms with Crippen molar-refractivity contribution >= 4 is 29.3 Å². The van der Waals surface area contributed by atoms with E-state index in [2.05, 4.69) is 39.9 Å². The number of nitrogens with zero attached hydrogens (tertiary/aromatic N) is 1. The first-order valence-corrected chi connectivity index (χ1v) is 11.4. The van der Waals surface area contributed by atoms with E-state index < -0.39 is 18.0 Å². The van der Waals surface area contributed by atoms with Crippen molar-refractivity contribution in [1.82, 2.24) is 15.6 Å². The summed E-state index contributed by atoms with van der Waals surface area (Å²) in [5.74, 6) is -1.39. The van der Waals surface area contributed by atoms with Gasteiger partial charge in [0.15, 0.2) is 0 Å². The standard InChI is InChI=1S/C24H23N3O5S/c28-22(29)10-12-25-23(30)20-14-33-21(27-20)9-11-26-24(31)32-13-19-17-7-3-1-5-15(17)16-6-2-4-8-18(16)19/h1-8,14,19H,9-13H2,(H,25,30)(H,26,31)(H,28,29). The molecule has 1 aromatic heterocycles. The smallest absolute Gasteiger partial charge is 0.407 e. The number of benzene rings is 2. The van der Waals surface area contributed by atoms with Crippen molar-refractivity contribution in [2.24, 2.45) is 0 Å². The van der Waals surface area contributed by atoms with Crippen LogP contribution in [0.3, 0.4) is 0 Å². The van der Waals surface area contributed by atoms with Crippen LogP contribution in [0.2, 0.25) is 0 Å². The minimum atomic E-state index is -0.978. The second-order valence-corrected chi connectivity index (χ2v) is 8.47. The number of carboxylic acid groups (broad SMARTS) is 1.